The van der Waals surface area contributed by atoms with Gasteiger partial charge in [0.05, 0.1) is 0 Å². The molecule has 2 aromatic heterocycles. The summed E-state index contributed by atoms with van der Waals surface area (Å²) in [5.41, 5.74) is 23.5. The number of aryl methyl sites for hydroxylation is 6. The van der Waals surface area contributed by atoms with Gasteiger partial charge in [-0.05, 0) is 151 Å². The van der Waals surface area contributed by atoms with Gasteiger partial charge in [0.25, 0.3) is 29.5 Å². The average molecular weight is 1350 g/mol. The largest absolute Gasteiger partial charge is 0.421 e. The van der Waals surface area contributed by atoms with Gasteiger partial charge >= 0.3 is 0 Å². The van der Waals surface area contributed by atoms with Crippen molar-refractivity contribution in [1.82, 2.24) is 52.9 Å². The number of rotatable bonds is 12. The second kappa shape index (κ2) is 43.1. The van der Waals surface area contributed by atoms with Crippen molar-refractivity contribution in [1.29, 1.82) is 10.8 Å². The Kier molecular flexibility index (Phi) is 36.9. The fourth-order valence-electron chi connectivity index (χ4n) is 7.84. The number of hydrogen-bond acceptors (Lipinski definition) is 25. The molecule has 98 heavy (non-hydrogen) atoms. The van der Waals surface area contributed by atoms with Crippen LogP contribution in [0.1, 0.15) is 151 Å². The lowest BCUT2D eigenvalue weighted by molar-refractivity contribution is -0.119. The molecule has 0 bridgehead atoms. The van der Waals surface area contributed by atoms with Gasteiger partial charge < -0.3 is 39.8 Å². The Morgan fingerprint density at radius 2 is 0.694 bits per heavy atom. The van der Waals surface area contributed by atoms with Crippen molar-refractivity contribution >= 4 is 47.0 Å². The van der Waals surface area contributed by atoms with Crippen molar-refractivity contribution in [2.24, 2.45) is 23.4 Å². The summed E-state index contributed by atoms with van der Waals surface area (Å²) < 4.78 is 11.4. The van der Waals surface area contributed by atoms with Crippen LogP contribution in [0.3, 0.4) is 0 Å². The Bertz CT molecular complexity index is 3990. The van der Waals surface area contributed by atoms with Crippen LogP contribution in [0.2, 0.25) is 0 Å². The van der Waals surface area contributed by atoms with Crippen LogP contribution in [0.15, 0.2) is 160 Å². The Labute approximate surface area is 562 Å². The molecule has 0 unspecified atom stereocenters. The summed E-state index contributed by atoms with van der Waals surface area (Å²) in [6.45, 7) is 15.4. The molecule has 9 aromatic rings. The highest BCUT2D eigenvalue weighted by molar-refractivity contribution is 6.02. The van der Waals surface area contributed by atoms with Crippen LogP contribution in [-0.4, -0.2) is 106 Å². The number of aliphatic hydroxyl groups is 5. The van der Waals surface area contributed by atoms with Crippen molar-refractivity contribution < 1.29 is 78.2 Å². The summed E-state index contributed by atoms with van der Waals surface area (Å²) in [6.07, 6.45) is -3.17. The molecular formula is C66H78N16O16. The molecule has 21 N–H and O–H groups in total. The Balaban J connectivity index is 0.000000621. The van der Waals surface area contributed by atoms with Crippen molar-refractivity contribution in [3.63, 3.8) is 0 Å². The molecular weight excluding hydrogens is 1270 g/mol. The van der Waals surface area contributed by atoms with E-state index >= 15 is 0 Å². The Hall–Kier alpha value is -12.0. The van der Waals surface area contributed by atoms with Crippen molar-refractivity contribution in [3.8, 4) is 34.4 Å². The molecule has 0 aliphatic carbocycles. The molecule has 0 radical (unpaired) electrons. The normalized spacial score (nSPS) is 9.66. The number of aromatic nitrogens is 4. The molecule has 0 aliphatic heterocycles. The van der Waals surface area contributed by atoms with Crippen LogP contribution in [0.5, 0.6) is 0 Å². The third-order valence-corrected chi connectivity index (χ3v) is 12.5. The fourth-order valence-corrected chi connectivity index (χ4v) is 7.84. The van der Waals surface area contributed by atoms with Crippen LogP contribution >= 0.6 is 0 Å². The van der Waals surface area contributed by atoms with Crippen LogP contribution in [-0.2, 0) is 4.79 Å². The minimum atomic E-state index is -1.59. The van der Waals surface area contributed by atoms with Gasteiger partial charge in [-0.15, -0.1) is 20.4 Å². The quantitative estimate of drug-likeness (QED) is 0.0204. The first kappa shape index (κ1) is 84.0. The average Bonchev–Trinajstić information content (AvgIpc) is 1.60. The number of ketones is 2. The van der Waals surface area contributed by atoms with Gasteiger partial charge in [-0.3, -0.25) is 82.6 Å². The summed E-state index contributed by atoms with van der Waals surface area (Å²) in [5.74, 6) is 17.0. The van der Waals surface area contributed by atoms with E-state index in [9.17, 15) is 38.4 Å². The third kappa shape index (κ3) is 27.9. The molecule has 32 nitrogen and oxygen atoms in total. The molecule has 9 rings (SSSR count). The number of hydrazine groups is 5. The predicted molar refractivity (Wildman–Crippen MR) is 357 cm³/mol. The maximum atomic E-state index is 12.3. The number of nitrogens with one attached hydrogen (secondary N) is 6. The third-order valence-electron chi connectivity index (χ3n) is 12.5. The highest BCUT2D eigenvalue weighted by atomic mass is 16.5. The zero-order valence-electron chi connectivity index (χ0n) is 54.9. The van der Waals surface area contributed by atoms with Crippen LogP contribution in [0, 0.1) is 52.3 Å². The van der Waals surface area contributed by atoms with E-state index in [0.29, 0.717) is 56.9 Å². The topological polar surface area (TPSA) is 571 Å². The molecule has 0 saturated carbocycles. The first-order valence-corrected chi connectivity index (χ1v) is 28.4. The zero-order chi connectivity index (χ0) is 73.1. The number of nitrogen functional groups attached to an aromatic ring is 2. The molecule has 32 heteroatoms. The second-order valence-electron chi connectivity index (χ2n) is 20.1. The number of nitrogens with zero attached hydrogens (tertiary/aromatic N) is 6. The van der Waals surface area contributed by atoms with Crippen molar-refractivity contribution in [2.75, 3.05) is 7.11 Å². The summed E-state index contributed by atoms with van der Waals surface area (Å²) in [4.78, 5) is 90.9. The molecule has 2 heterocycles. The molecule has 0 aliphatic rings. The molecule has 6 amide bonds. The number of carbonyl (C=O) groups excluding carboxylic acids is 8. The van der Waals surface area contributed by atoms with Crippen molar-refractivity contribution in [2.45, 2.75) is 74.9 Å². The Morgan fingerprint density at radius 3 is 1.06 bits per heavy atom. The monoisotopic (exact) mass is 1350 g/mol. The van der Waals surface area contributed by atoms with E-state index < -0.39 is 48.0 Å². The van der Waals surface area contributed by atoms with E-state index in [1.165, 1.54) is 62.7 Å². The van der Waals surface area contributed by atoms with Gasteiger partial charge in [-0.1, -0.05) is 77.4 Å². The van der Waals surface area contributed by atoms with E-state index in [2.05, 4.69) is 53.8 Å². The van der Waals surface area contributed by atoms with Gasteiger partial charge in [-0.2, -0.15) is 0 Å². The summed E-state index contributed by atoms with van der Waals surface area (Å²) >= 11 is 0. The number of hydrogen-bond donors (Lipinski definition) is 15. The Morgan fingerprint density at radius 1 is 0.378 bits per heavy atom. The summed E-state index contributed by atoms with van der Waals surface area (Å²) in [7, 11) is 1.00. The van der Waals surface area contributed by atoms with Gasteiger partial charge in [0.15, 0.2) is 24.1 Å². The number of amides is 6. The number of nitrogens with two attached hydrogens (primary N) is 4. The van der Waals surface area contributed by atoms with E-state index in [1.807, 2.05) is 74.1 Å². The maximum absolute atomic E-state index is 12.3. The van der Waals surface area contributed by atoms with Crippen LogP contribution in [0.4, 0.5) is 0 Å². The minimum absolute atomic E-state index is 0. The first-order valence-electron chi connectivity index (χ1n) is 28.4. The maximum Gasteiger partial charge on any atom is 0.269 e. The van der Waals surface area contributed by atoms with Gasteiger partial charge in [0.2, 0.25) is 29.5 Å². The van der Waals surface area contributed by atoms with Crippen LogP contribution < -0.4 is 55.9 Å². The zero-order valence-corrected chi connectivity index (χ0v) is 54.9. The number of aliphatic hydroxyl groups excluding tert-OH is 3. The molecule has 0 saturated heterocycles. The lowest BCUT2D eigenvalue weighted by Gasteiger charge is -2.10. The standard InChI is InChI=1S/C19H20N4O4.C19H16N4O2.C10H10O2.C9H12O4.C8H10N4O2.CH4O.H4N2.N2.H2O/c1-11-4-6-14(7-5-11)17(25)22-23-19(27)16-9-12(2)8-15(10-16)18(26)21-20-13(3)24;1-11-4-6-14(7-5-11)17-22-23-19(25-17)16-9-12(2)8-15(10-16)18-21-20-13(3)24-18;1-7(11)9-3-5-10(6-4-9)8(2)12;1-5-2-6(8(10)11)4-7(3-5)9(12)13;9-11-7(13)5-1-2-6(4-3-5)8(14)12-10;3*1-2;/h4-10H,1-3H3,(H,20,24)(H,21,26)(H,22,25)(H,23,27);4-10H,1-3H3;3-6H,1-2H3;2-4,8-13H,1H3;1-4H,9-10H2,(H,11,13)(H,12,14);2H,1H3;1-2H2;;1H2. The van der Waals surface area contributed by atoms with E-state index in [0.717, 1.165) is 40.5 Å². The van der Waals surface area contributed by atoms with Gasteiger partial charge in [-0.25, -0.2) is 11.7 Å². The summed E-state index contributed by atoms with van der Waals surface area (Å²) in [6, 6.07) is 42.3. The lowest BCUT2D eigenvalue weighted by atomic mass is 10.1. The highest BCUT2D eigenvalue weighted by Gasteiger charge is 2.17. The SMILES string of the molecule is CC(=O)NNC(=O)c1cc(C)cc(C(=O)NNC(=O)c2ccc(C)cc2)c1.CC(=O)c1ccc(C(C)=O)cc1.CO.Cc1cc(C(O)O)cc(C(O)O)c1.Cc1ccc(-c2nnc(-c3cc(C)cc(-c4nnc(C)o4)c3)o2)cc1.N#N.NN.NNC(=O)c1ccc(C(=O)NN)cc1.O. The van der Waals surface area contributed by atoms with Gasteiger partial charge in [0.1, 0.15) is 0 Å². The van der Waals surface area contributed by atoms with Gasteiger partial charge in [0, 0.05) is 98.5 Å². The number of Topliss-reactive ketones (excluding diaryl/α,β-unsaturated/α-hetero) is 2. The number of benzene rings is 7. The second-order valence-corrected chi connectivity index (χ2v) is 20.1. The lowest BCUT2D eigenvalue weighted by Crippen LogP contribution is -2.42. The fraction of sp³-hybridized carbons (Fsp3) is 0.182. The molecule has 7 aromatic carbocycles. The molecule has 0 atom stereocenters. The smallest absolute Gasteiger partial charge is 0.269 e. The van der Waals surface area contributed by atoms with Crippen molar-refractivity contribution in [3.05, 3.63) is 235 Å². The highest BCUT2D eigenvalue weighted by Crippen LogP contribution is 2.29. The number of carbonyl (C=O) groups is 8. The predicted octanol–water partition coefficient (Wildman–Crippen LogP) is 4.12. The van der Waals surface area contributed by atoms with E-state index in [-0.39, 0.29) is 39.3 Å². The molecule has 0 spiro atoms. The van der Waals surface area contributed by atoms with E-state index in [1.54, 1.807) is 93.6 Å². The van der Waals surface area contributed by atoms with Crippen LogP contribution in [0.25, 0.3) is 34.4 Å². The molecule has 0 fully saturated rings. The first-order chi connectivity index (χ1) is 46.1. The molecule has 518 valence electrons. The van der Waals surface area contributed by atoms with E-state index in [4.69, 9.17) is 56.8 Å². The minimum Gasteiger partial charge on any atom is -0.421 e. The summed E-state index contributed by atoms with van der Waals surface area (Å²) in [5, 5.41) is 70.7.